The second kappa shape index (κ2) is 7.25. The summed E-state index contributed by atoms with van der Waals surface area (Å²) >= 11 is 0. The Balaban J connectivity index is 1.66. The van der Waals surface area contributed by atoms with E-state index >= 15 is 0 Å². The third-order valence-corrected chi connectivity index (χ3v) is 2.68. The predicted molar refractivity (Wildman–Crippen MR) is 72.9 cm³/mol. The third kappa shape index (κ3) is 4.36. The standard InChI is InChI=1S/C13H17N5O2/c14-7-10-1-3-11(4-2-10)20-8-13(19)15-6-5-12-16-9-17-18-12/h1-4,9H,5-8,14H2,(H,15,19)(H,16,17,18). The molecule has 1 amide bonds. The monoisotopic (exact) mass is 275 g/mol. The minimum absolute atomic E-state index is 0.0155. The SMILES string of the molecule is NCc1ccc(OCC(=O)NCCc2ncn[nH]2)cc1. The summed E-state index contributed by atoms with van der Waals surface area (Å²) < 4.78 is 5.37. The van der Waals surface area contributed by atoms with Gasteiger partial charge in [0, 0.05) is 19.5 Å². The van der Waals surface area contributed by atoms with Gasteiger partial charge in [0.1, 0.15) is 17.9 Å². The zero-order chi connectivity index (χ0) is 14.2. The van der Waals surface area contributed by atoms with Crippen LogP contribution in [0.4, 0.5) is 0 Å². The first-order valence-electron chi connectivity index (χ1n) is 6.30. The number of amides is 1. The lowest BCUT2D eigenvalue weighted by Crippen LogP contribution is -2.30. The van der Waals surface area contributed by atoms with Crippen LogP contribution in [0.3, 0.4) is 0 Å². The summed E-state index contributed by atoms with van der Waals surface area (Å²) in [5.74, 6) is 1.21. The summed E-state index contributed by atoms with van der Waals surface area (Å²) in [6.07, 6.45) is 2.04. The Hall–Kier alpha value is -2.41. The van der Waals surface area contributed by atoms with Crippen molar-refractivity contribution in [2.45, 2.75) is 13.0 Å². The number of H-pyrrole nitrogens is 1. The minimum Gasteiger partial charge on any atom is -0.484 e. The Morgan fingerprint density at radius 1 is 1.35 bits per heavy atom. The Kier molecular flexibility index (Phi) is 5.08. The number of aromatic nitrogens is 3. The number of nitrogens with one attached hydrogen (secondary N) is 2. The number of ether oxygens (including phenoxy) is 1. The van der Waals surface area contributed by atoms with E-state index in [4.69, 9.17) is 10.5 Å². The van der Waals surface area contributed by atoms with Gasteiger partial charge in [-0.25, -0.2) is 4.98 Å². The van der Waals surface area contributed by atoms with E-state index in [-0.39, 0.29) is 12.5 Å². The van der Waals surface area contributed by atoms with Crippen molar-refractivity contribution < 1.29 is 9.53 Å². The molecule has 4 N–H and O–H groups in total. The van der Waals surface area contributed by atoms with E-state index in [1.165, 1.54) is 6.33 Å². The van der Waals surface area contributed by atoms with E-state index in [1.54, 1.807) is 12.1 Å². The molecule has 0 bridgehead atoms. The van der Waals surface area contributed by atoms with Gasteiger partial charge in [0.15, 0.2) is 6.61 Å². The first-order chi connectivity index (χ1) is 9.78. The molecule has 0 saturated carbocycles. The van der Waals surface area contributed by atoms with Gasteiger partial charge in [-0.05, 0) is 17.7 Å². The molecule has 1 aromatic heterocycles. The van der Waals surface area contributed by atoms with Gasteiger partial charge in [0.2, 0.25) is 0 Å². The van der Waals surface area contributed by atoms with Crippen LogP contribution < -0.4 is 15.8 Å². The molecule has 106 valence electrons. The largest absolute Gasteiger partial charge is 0.484 e. The quantitative estimate of drug-likeness (QED) is 0.659. The Labute approximate surface area is 116 Å². The van der Waals surface area contributed by atoms with Crippen LogP contribution in [0.2, 0.25) is 0 Å². The third-order valence-electron chi connectivity index (χ3n) is 2.68. The molecular weight excluding hydrogens is 258 g/mol. The zero-order valence-corrected chi connectivity index (χ0v) is 11.0. The molecule has 0 atom stereocenters. The van der Waals surface area contributed by atoms with Gasteiger partial charge in [0.05, 0.1) is 0 Å². The van der Waals surface area contributed by atoms with Crippen LogP contribution in [0, 0.1) is 0 Å². The maximum atomic E-state index is 11.6. The van der Waals surface area contributed by atoms with E-state index in [0.29, 0.717) is 25.3 Å². The smallest absolute Gasteiger partial charge is 0.257 e. The molecule has 2 aromatic rings. The highest BCUT2D eigenvalue weighted by molar-refractivity contribution is 5.77. The Morgan fingerprint density at radius 2 is 2.15 bits per heavy atom. The maximum absolute atomic E-state index is 11.6. The fourth-order valence-electron chi connectivity index (χ4n) is 1.59. The highest BCUT2D eigenvalue weighted by Crippen LogP contribution is 2.11. The van der Waals surface area contributed by atoms with Gasteiger partial charge in [0.25, 0.3) is 5.91 Å². The predicted octanol–water partition coefficient (Wildman–Crippen LogP) is 0.00110. The van der Waals surface area contributed by atoms with E-state index in [2.05, 4.69) is 20.5 Å². The average molecular weight is 275 g/mol. The molecule has 0 aliphatic rings. The van der Waals surface area contributed by atoms with Crippen LogP contribution in [0.1, 0.15) is 11.4 Å². The Bertz CT molecular complexity index is 524. The van der Waals surface area contributed by atoms with Crippen LogP contribution in [0.5, 0.6) is 5.75 Å². The van der Waals surface area contributed by atoms with Gasteiger partial charge in [-0.1, -0.05) is 12.1 Å². The van der Waals surface area contributed by atoms with Crippen molar-refractivity contribution in [1.29, 1.82) is 0 Å². The summed E-state index contributed by atoms with van der Waals surface area (Å²) in [5, 5.41) is 9.20. The molecule has 1 heterocycles. The second-order valence-electron chi connectivity index (χ2n) is 4.17. The molecule has 0 aliphatic carbocycles. The minimum atomic E-state index is -0.174. The Morgan fingerprint density at radius 3 is 2.80 bits per heavy atom. The lowest BCUT2D eigenvalue weighted by atomic mass is 10.2. The zero-order valence-electron chi connectivity index (χ0n) is 11.0. The topological polar surface area (TPSA) is 106 Å². The normalized spacial score (nSPS) is 10.2. The molecule has 0 radical (unpaired) electrons. The molecule has 0 unspecified atom stereocenters. The number of benzene rings is 1. The number of nitrogens with zero attached hydrogens (tertiary/aromatic N) is 2. The highest BCUT2D eigenvalue weighted by Gasteiger charge is 2.03. The lowest BCUT2D eigenvalue weighted by Gasteiger charge is -2.07. The molecule has 20 heavy (non-hydrogen) atoms. The van der Waals surface area contributed by atoms with E-state index in [9.17, 15) is 4.79 Å². The molecule has 1 aromatic carbocycles. The summed E-state index contributed by atoms with van der Waals surface area (Å²) in [6, 6.07) is 7.34. The van der Waals surface area contributed by atoms with Crippen molar-refractivity contribution in [3.63, 3.8) is 0 Å². The number of carbonyl (C=O) groups is 1. The molecule has 0 spiro atoms. The van der Waals surface area contributed by atoms with Crippen LogP contribution in [0.25, 0.3) is 0 Å². The van der Waals surface area contributed by atoms with E-state index in [0.717, 1.165) is 11.4 Å². The van der Waals surface area contributed by atoms with Gasteiger partial charge in [-0.2, -0.15) is 5.10 Å². The van der Waals surface area contributed by atoms with Crippen LogP contribution >= 0.6 is 0 Å². The van der Waals surface area contributed by atoms with Crippen LogP contribution in [-0.2, 0) is 17.8 Å². The number of rotatable bonds is 7. The number of carbonyl (C=O) groups excluding carboxylic acids is 1. The summed E-state index contributed by atoms with van der Waals surface area (Å²) in [5.41, 5.74) is 6.52. The van der Waals surface area contributed by atoms with Crippen molar-refractivity contribution in [3.05, 3.63) is 42.0 Å². The lowest BCUT2D eigenvalue weighted by molar-refractivity contribution is -0.123. The number of hydrogen-bond donors (Lipinski definition) is 3. The first-order valence-corrected chi connectivity index (χ1v) is 6.30. The number of aromatic amines is 1. The fraction of sp³-hybridized carbons (Fsp3) is 0.308. The molecule has 0 saturated heterocycles. The van der Waals surface area contributed by atoms with Gasteiger partial charge in [-0.3, -0.25) is 9.89 Å². The number of hydrogen-bond acceptors (Lipinski definition) is 5. The molecule has 0 fully saturated rings. The first kappa shape index (κ1) is 14.0. The van der Waals surface area contributed by atoms with Crippen LogP contribution in [0.15, 0.2) is 30.6 Å². The van der Waals surface area contributed by atoms with Gasteiger partial charge < -0.3 is 15.8 Å². The summed E-state index contributed by atoms with van der Waals surface area (Å²) in [7, 11) is 0. The summed E-state index contributed by atoms with van der Waals surface area (Å²) in [4.78, 5) is 15.5. The van der Waals surface area contributed by atoms with Crippen molar-refractivity contribution in [1.82, 2.24) is 20.5 Å². The molecular formula is C13H17N5O2. The molecule has 2 rings (SSSR count). The van der Waals surface area contributed by atoms with Crippen molar-refractivity contribution in [2.75, 3.05) is 13.2 Å². The van der Waals surface area contributed by atoms with Crippen LogP contribution in [-0.4, -0.2) is 34.2 Å². The van der Waals surface area contributed by atoms with Gasteiger partial charge >= 0.3 is 0 Å². The van der Waals surface area contributed by atoms with Crippen molar-refractivity contribution in [2.24, 2.45) is 5.73 Å². The molecule has 0 aliphatic heterocycles. The van der Waals surface area contributed by atoms with Crippen molar-refractivity contribution in [3.8, 4) is 5.75 Å². The molecule has 7 heteroatoms. The molecule has 7 nitrogen and oxygen atoms in total. The van der Waals surface area contributed by atoms with E-state index < -0.39 is 0 Å². The summed E-state index contributed by atoms with van der Waals surface area (Å²) in [6.45, 7) is 0.963. The van der Waals surface area contributed by atoms with Crippen molar-refractivity contribution >= 4 is 5.91 Å². The van der Waals surface area contributed by atoms with Gasteiger partial charge in [-0.15, -0.1) is 0 Å². The fourth-order valence-corrected chi connectivity index (χ4v) is 1.59. The highest BCUT2D eigenvalue weighted by atomic mass is 16.5. The number of nitrogens with two attached hydrogens (primary N) is 1. The second-order valence-corrected chi connectivity index (χ2v) is 4.17. The maximum Gasteiger partial charge on any atom is 0.257 e. The van der Waals surface area contributed by atoms with E-state index in [1.807, 2.05) is 12.1 Å². The average Bonchev–Trinajstić information content (AvgIpc) is 2.99.